The molecule has 0 atom stereocenters. The molecular formula is C59H35F2N5. The molecule has 12 aromatic rings. The van der Waals surface area contributed by atoms with Gasteiger partial charge in [-0.15, -0.1) is 0 Å². The van der Waals surface area contributed by atoms with Gasteiger partial charge >= 0.3 is 0 Å². The van der Waals surface area contributed by atoms with E-state index in [2.05, 4.69) is 122 Å². The van der Waals surface area contributed by atoms with E-state index in [1.807, 2.05) is 85.2 Å². The van der Waals surface area contributed by atoms with Crippen molar-refractivity contribution in [1.29, 1.82) is 5.26 Å². The third kappa shape index (κ3) is 6.35. The first-order valence-electron chi connectivity index (χ1n) is 21.7. The van der Waals surface area contributed by atoms with Crippen molar-refractivity contribution >= 4 is 43.6 Å². The van der Waals surface area contributed by atoms with Crippen LogP contribution in [0.5, 0.6) is 0 Å². The summed E-state index contributed by atoms with van der Waals surface area (Å²) in [5.41, 5.74) is 12.9. The lowest BCUT2D eigenvalue weighted by molar-refractivity contribution is 0.589. The molecule has 0 fully saturated rings. The molecule has 0 unspecified atom stereocenters. The van der Waals surface area contributed by atoms with Crippen molar-refractivity contribution in [1.82, 2.24) is 19.1 Å². The molecule has 0 saturated heterocycles. The molecule has 7 heteroatoms. The maximum Gasteiger partial charge on any atom is 0.134 e. The Bertz CT molecular complexity index is 3900. The van der Waals surface area contributed by atoms with Crippen LogP contribution in [0.2, 0.25) is 0 Å². The topological polar surface area (TPSA) is 59.4 Å². The van der Waals surface area contributed by atoms with Gasteiger partial charge in [0.25, 0.3) is 0 Å². The lowest BCUT2D eigenvalue weighted by atomic mass is 9.97. The second-order valence-corrected chi connectivity index (χ2v) is 16.4. The maximum atomic E-state index is 15.9. The van der Waals surface area contributed by atoms with E-state index in [-0.39, 0.29) is 16.7 Å². The van der Waals surface area contributed by atoms with Crippen LogP contribution in [0.25, 0.3) is 111 Å². The Labute approximate surface area is 378 Å². The first-order valence-corrected chi connectivity index (χ1v) is 21.7. The van der Waals surface area contributed by atoms with E-state index in [9.17, 15) is 5.26 Å². The molecule has 66 heavy (non-hydrogen) atoms. The normalized spacial score (nSPS) is 11.5. The fourth-order valence-electron chi connectivity index (χ4n) is 9.57. The van der Waals surface area contributed by atoms with E-state index < -0.39 is 11.6 Å². The summed E-state index contributed by atoms with van der Waals surface area (Å²) in [4.78, 5) is 9.35. The van der Waals surface area contributed by atoms with Crippen LogP contribution in [0.15, 0.2) is 213 Å². The Morgan fingerprint density at radius 1 is 0.379 bits per heavy atom. The molecule has 12 rings (SSSR count). The number of aromatic nitrogens is 4. The summed E-state index contributed by atoms with van der Waals surface area (Å²) >= 11 is 0. The zero-order valence-electron chi connectivity index (χ0n) is 35.2. The van der Waals surface area contributed by atoms with Gasteiger partial charge in [0.1, 0.15) is 11.6 Å². The van der Waals surface area contributed by atoms with Crippen molar-refractivity contribution in [2.75, 3.05) is 0 Å². The van der Waals surface area contributed by atoms with Gasteiger partial charge in [-0.1, -0.05) is 115 Å². The van der Waals surface area contributed by atoms with Crippen molar-refractivity contribution in [3.05, 3.63) is 230 Å². The molecule has 0 aliphatic rings. The third-order valence-corrected chi connectivity index (χ3v) is 12.6. The average molecular weight is 852 g/mol. The SMILES string of the molecule is N#Cc1cc(-n2c3ccccc3c3cc(-c4ccnc(-c5ccccc5)c4)ccc32)c(-n2c3ccccc3c3cc(-c4ccnc(-c5ccccc5)c4)ccc32)cc1-c1c(F)cccc1F. The quantitative estimate of drug-likeness (QED) is 0.160. The number of pyridine rings is 2. The third-order valence-electron chi connectivity index (χ3n) is 12.6. The van der Waals surface area contributed by atoms with E-state index in [0.29, 0.717) is 11.4 Å². The summed E-state index contributed by atoms with van der Waals surface area (Å²) in [5.74, 6) is -1.50. The first kappa shape index (κ1) is 38.7. The second-order valence-electron chi connectivity index (χ2n) is 16.4. The number of benzene rings is 8. The van der Waals surface area contributed by atoms with Gasteiger partial charge in [-0.2, -0.15) is 5.26 Å². The van der Waals surface area contributed by atoms with Crippen LogP contribution in [0.3, 0.4) is 0 Å². The van der Waals surface area contributed by atoms with Gasteiger partial charge in [-0.3, -0.25) is 9.97 Å². The Kier molecular flexibility index (Phi) is 9.18. The molecule has 0 bridgehead atoms. The molecule has 8 aromatic carbocycles. The summed E-state index contributed by atoms with van der Waals surface area (Å²) < 4.78 is 36.1. The zero-order chi connectivity index (χ0) is 44.3. The van der Waals surface area contributed by atoms with E-state index in [1.54, 1.807) is 12.1 Å². The average Bonchev–Trinajstić information content (AvgIpc) is 3.89. The zero-order valence-corrected chi connectivity index (χ0v) is 35.2. The van der Waals surface area contributed by atoms with E-state index in [4.69, 9.17) is 0 Å². The number of fused-ring (bicyclic) bond motifs is 6. The van der Waals surface area contributed by atoms with Gasteiger partial charge in [-0.25, -0.2) is 8.78 Å². The summed E-state index contributed by atoms with van der Waals surface area (Å²) in [5, 5.41) is 14.9. The van der Waals surface area contributed by atoms with E-state index in [1.165, 1.54) is 18.2 Å². The molecule has 0 spiro atoms. The number of nitrogens with zero attached hydrogens (tertiary/aromatic N) is 5. The van der Waals surface area contributed by atoms with Gasteiger partial charge in [0, 0.05) is 50.6 Å². The summed E-state index contributed by atoms with van der Waals surface area (Å²) in [6, 6.07) is 67.4. The maximum absolute atomic E-state index is 15.9. The number of halogens is 2. The van der Waals surface area contributed by atoms with Crippen LogP contribution in [0.4, 0.5) is 8.78 Å². The minimum Gasteiger partial charge on any atom is -0.307 e. The smallest absolute Gasteiger partial charge is 0.134 e. The Balaban J connectivity index is 1.12. The minimum absolute atomic E-state index is 0.139. The number of hydrogen-bond donors (Lipinski definition) is 0. The molecule has 0 amide bonds. The fraction of sp³-hybridized carbons (Fsp3) is 0. The Hall–Kier alpha value is -8.99. The lowest BCUT2D eigenvalue weighted by Crippen LogP contribution is -2.06. The van der Waals surface area contributed by atoms with Crippen LogP contribution < -0.4 is 0 Å². The molecule has 4 heterocycles. The van der Waals surface area contributed by atoms with Crippen molar-refractivity contribution in [3.63, 3.8) is 0 Å². The summed E-state index contributed by atoms with van der Waals surface area (Å²) in [6.45, 7) is 0. The Morgan fingerprint density at radius 3 is 1.32 bits per heavy atom. The fourth-order valence-corrected chi connectivity index (χ4v) is 9.57. The Morgan fingerprint density at radius 2 is 0.818 bits per heavy atom. The van der Waals surface area contributed by atoms with Crippen LogP contribution in [-0.4, -0.2) is 19.1 Å². The molecule has 0 aliphatic heterocycles. The number of hydrogen-bond acceptors (Lipinski definition) is 3. The molecule has 0 radical (unpaired) electrons. The van der Waals surface area contributed by atoms with E-state index in [0.717, 1.165) is 88.4 Å². The van der Waals surface area contributed by atoms with Crippen molar-refractivity contribution in [2.24, 2.45) is 0 Å². The van der Waals surface area contributed by atoms with Crippen molar-refractivity contribution in [3.8, 4) is 73.3 Å². The predicted octanol–water partition coefficient (Wildman–Crippen LogP) is 15.2. The van der Waals surface area contributed by atoms with Crippen molar-refractivity contribution in [2.45, 2.75) is 0 Å². The number of para-hydroxylation sites is 2. The largest absolute Gasteiger partial charge is 0.307 e. The molecule has 0 saturated carbocycles. The second kappa shape index (κ2) is 15.7. The summed E-state index contributed by atoms with van der Waals surface area (Å²) in [6.07, 6.45) is 3.68. The molecule has 0 N–H and O–H groups in total. The van der Waals surface area contributed by atoms with Gasteiger partial charge in [0.2, 0.25) is 0 Å². The highest BCUT2D eigenvalue weighted by atomic mass is 19.1. The number of nitriles is 1. The number of rotatable bonds is 7. The minimum atomic E-state index is -0.750. The van der Waals surface area contributed by atoms with Gasteiger partial charge in [0.15, 0.2) is 0 Å². The van der Waals surface area contributed by atoms with Crippen LogP contribution in [0, 0.1) is 23.0 Å². The molecule has 310 valence electrons. The van der Waals surface area contributed by atoms with Crippen LogP contribution >= 0.6 is 0 Å². The lowest BCUT2D eigenvalue weighted by Gasteiger charge is -2.20. The molecule has 5 nitrogen and oxygen atoms in total. The highest BCUT2D eigenvalue weighted by Gasteiger charge is 2.25. The first-order chi connectivity index (χ1) is 32.5. The van der Waals surface area contributed by atoms with Gasteiger partial charge in [-0.05, 0) is 107 Å². The standard InChI is InChI=1S/C59H35F2N5/c60-49-18-11-19-50(61)59(49)46-35-58(66-54-21-10-8-17-45(54)48-31-40(23-25-56(48)66)42-27-29-64-52(33-42)38-14-5-2-6-15-38)57(34-43(46)36-62)65-53-20-9-7-16-44(53)47-30-39(22-24-55(47)65)41-26-28-63-51(32-41)37-12-3-1-4-13-37/h1-35H. The highest BCUT2D eigenvalue weighted by molar-refractivity contribution is 6.13. The van der Waals surface area contributed by atoms with Crippen LogP contribution in [0.1, 0.15) is 5.56 Å². The highest BCUT2D eigenvalue weighted by Crippen LogP contribution is 2.43. The summed E-state index contributed by atoms with van der Waals surface area (Å²) in [7, 11) is 0. The molecular weight excluding hydrogens is 817 g/mol. The molecule has 0 aliphatic carbocycles. The van der Waals surface area contributed by atoms with Gasteiger partial charge in [0.05, 0.1) is 62.0 Å². The molecule has 4 aromatic heterocycles. The van der Waals surface area contributed by atoms with E-state index >= 15 is 8.78 Å². The van der Waals surface area contributed by atoms with Gasteiger partial charge < -0.3 is 9.13 Å². The van der Waals surface area contributed by atoms with Crippen LogP contribution in [-0.2, 0) is 0 Å². The van der Waals surface area contributed by atoms with Crippen molar-refractivity contribution < 1.29 is 8.78 Å². The predicted molar refractivity (Wildman–Crippen MR) is 263 cm³/mol. The monoisotopic (exact) mass is 851 g/mol.